The number of aliphatic hydroxyl groups is 1. The molecule has 2 amide bonds. The van der Waals surface area contributed by atoms with Crippen LogP contribution in [-0.2, 0) is 17.8 Å². The average Bonchev–Trinajstić information content (AvgIpc) is 2.46. The summed E-state index contributed by atoms with van der Waals surface area (Å²) in [5, 5.41) is 14.5. The van der Waals surface area contributed by atoms with Crippen LogP contribution in [0.4, 0.5) is 4.79 Å². The predicted molar refractivity (Wildman–Crippen MR) is 78.6 cm³/mol. The van der Waals surface area contributed by atoms with Gasteiger partial charge in [-0.15, -0.1) is 0 Å². The molecule has 1 aromatic rings. The molecular weight excluding hydrogens is 256 g/mol. The molecule has 5 heteroatoms. The molecule has 1 aromatic carbocycles. The van der Waals surface area contributed by atoms with Crippen LogP contribution < -0.4 is 10.6 Å². The summed E-state index contributed by atoms with van der Waals surface area (Å²) in [6.45, 7) is 4.90. The van der Waals surface area contributed by atoms with Crippen LogP contribution in [0.1, 0.15) is 25.0 Å². The largest absolute Gasteiger partial charge is 0.392 e. The minimum Gasteiger partial charge on any atom is -0.392 e. The Balaban J connectivity index is 2.24. The number of hydrogen-bond donors (Lipinski definition) is 3. The number of nitrogens with one attached hydrogen (secondary N) is 2. The van der Waals surface area contributed by atoms with Gasteiger partial charge in [0.15, 0.2) is 0 Å². The quantitative estimate of drug-likeness (QED) is 0.708. The highest BCUT2D eigenvalue weighted by Crippen LogP contribution is 2.05. The third kappa shape index (κ3) is 6.04. The number of amides is 2. The van der Waals surface area contributed by atoms with E-state index in [9.17, 15) is 4.79 Å². The molecule has 0 heterocycles. The number of aliphatic hydroxyl groups excluding tert-OH is 1. The first-order chi connectivity index (χ1) is 9.46. The van der Waals surface area contributed by atoms with Gasteiger partial charge in [-0.3, -0.25) is 0 Å². The Labute approximate surface area is 120 Å². The van der Waals surface area contributed by atoms with E-state index in [1.165, 1.54) is 0 Å². The maximum atomic E-state index is 11.6. The first-order valence-electron chi connectivity index (χ1n) is 6.72. The third-order valence-electron chi connectivity index (χ3n) is 3.13. The third-order valence-corrected chi connectivity index (χ3v) is 3.13. The summed E-state index contributed by atoms with van der Waals surface area (Å²) >= 11 is 0. The summed E-state index contributed by atoms with van der Waals surface area (Å²) in [5.74, 6) is 0. The summed E-state index contributed by atoms with van der Waals surface area (Å²) in [6.07, 6.45) is 0.757. The molecule has 0 aliphatic carbocycles. The van der Waals surface area contributed by atoms with Crippen molar-refractivity contribution < 1.29 is 14.6 Å². The van der Waals surface area contributed by atoms with Crippen LogP contribution in [0.15, 0.2) is 24.3 Å². The van der Waals surface area contributed by atoms with Crippen LogP contribution in [0.2, 0.25) is 0 Å². The standard InChI is InChI=1S/C15H24N2O3/c1-15(2,20-3)11-17-14(19)16-9-8-12-4-6-13(10-18)7-5-12/h4-7,18H,8-11H2,1-3H3,(H2,16,17,19). The van der Waals surface area contributed by atoms with Gasteiger partial charge in [-0.25, -0.2) is 4.79 Å². The zero-order chi connectivity index (χ0) is 15.0. The van der Waals surface area contributed by atoms with Gasteiger partial charge in [0.05, 0.1) is 12.2 Å². The first-order valence-corrected chi connectivity index (χ1v) is 6.72. The number of ether oxygens (including phenoxy) is 1. The first kappa shape index (κ1) is 16.5. The van der Waals surface area contributed by atoms with Crippen molar-refractivity contribution in [2.75, 3.05) is 20.2 Å². The highest BCUT2D eigenvalue weighted by Gasteiger charge is 2.16. The monoisotopic (exact) mass is 280 g/mol. The Morgan fingerprint density at radius 2 is 1.80 bits per heavy atom. The lowest BCUT2D eigenvalue weighted by Gasteiger charge is -2.23. The zero-order valence-electron chi connectivity index (χ0n) is 12.4. The molecule has 0 aliphatic heterocycles. The van der Waals surface area contributed by atoms with Crippen molar-refractivity contribution in [3.8, 4) is 0 Å². The molecule has 0 aromatic heterocycles. The second kappa shape index (κ2) is 7.87. The highest BCUT2D eigenvalue weighted by molar-refractivity contribution is 5.73. The summed E-state index contributed by atoms with van der Waals surface area (Å²) < 4.78 is 5.22. The maximum absolute atomic E-state index is 11.6. The Hall–Kier alpha value is -1.59. The molecule has 112 valence electrons. The molecule has 1 rings (SSSR count). The Morgan fingerprint density at radius 3 is 2.35 bits per heavy atom. The minimum atomic E-state index is -0.364. The predicted octanol–water partition coefficient (Wildman–Crippen LogP) is 1.45. The molecule has 0 atom stereocenters. The Morgan fingerprint density at radius 1 is 1.20 bits per heavy atom. The topological polar surface area (TPSA) is 70.6 Å². The average molecular weight is 280 g/mol. The molecule has 0 aliphatic rings. The molecule has 0 bridgehead atoms. The van der Waals surface area contributed by atoms with Gasteiger partial charge in [-0.1, -0.05) is 24.3 Å². The molecule has 3 N–H and O–H groups in total. The number of rotatable bonds is 7. The van der Waals surface area contributed by atoms with Crippen LogP contribution in [0, 0.1) is 0 Å². The van der Waals surface area contributed by atoms with Gasteiger partial charge in [-0.2, -0.15) is 0 Å². The highest BCUT2D eigenvalue weighted by atomic mass is 16.5. The lowest BCUT2D eigenvalue weighted by molar-refractivity contribution is 0.0254. The number of carbonyl (C=O) groups is 1. The van der Waals surface area contributed by atoms with Crippen LogP contribution in [0.25, 0.3) is 0 Å². The van der Waals surface area contributed by atoms with E-state index in [0.29, 0.717) is 13.1 Å². The van der Waals surface area contributed by atoms with Crippen molar-refractivity contribution >= 4 is 6.03 Å². The Kier molecular flexibility index (Phi) is 6.48. The van der Waals surface area contributed by atoms with Gasteiger partial charge in [0.2, 0.25) is 0 Å². The van der Waals surface area contributed by atoms with Crippen molar-refractivity contribution in [1.29, 1.82) is 0 Å². The fourth-order valence-corrected chi connectivity index (χ4v) is 1.56. The van der Waals surface area contributed by atoms with Crippen molar-refractivity contribution in [3.63, 3.8) is 0 Å². The van der Waals surface area contributed by atoms with E-state index in [2.05, 4.69) is 10.6 Å². The van der Waals surface area contributed by atoms with Gasteiger partial charge < -0.3 is 20.5 Å². The van der Waals surface area contributed by atoms with E-state index >= 15 is 0 Å². The number of urea groups is 1. The minimum absolute atomic E-state index is 0.0518. The van der Waals surface area contributed by atoms with Crippen LogP contribution in [-0.4, -0.2) is 36.9 Å². The normalized spacial score (nSPS) is 11.2. The van der Waals surface area contributed by atoms with Crippen molar-refractivity contribution in [2.24, 2.45) is 0 Å². The summed E-state index contributed by atoms with van der Waals surface area (Å²) in [4.78, 5) is 11.6. The second-order valence-electron chi connectivity index (χ2n) is 5.30. The molecule has 20 heavy (non-hydrogen) atoms. The van der Waals surface area contributed by atoms with E-state index in [1.807, 2.05) is 38.1 Å². The fraction of sp³-hybridized carbons (Fsp3) is 0.533. The fourth-order valence-electron chi connectivity index (χ4n) is 1.56. The van der Waals surface area contributed by atoms with Gasteiger partial charge in [0.1, 0.15) is 0 Å². The van der Waals surface area contributed by atoms with Gasteiger partial charge >= 0.3 is 6.03 Å². The van der Waals surface area contributed by atoms with E-state index in [1.54, 1.807) is 7.11 Å². The Bertz CT molecular complexity index is 416. The molecule has 0 fully saturated rings. The van der Waals surface area contributed by atoms with E-state index in [4.69, 9.17) is 9.84 Å². The SMILES string of the molecule is COC(C)(C)CNC(=O)NCCc1ccc(CO)cc1. The smallest absolute Gasteiger partial charge is 0.314 e. The lowest BCUT2D eigenvalue weighted by atomic mass is 10.1. The van der Waals surface area contributed by atoms with Crippen LogP contribution >= 0.6 is 0 Å². The van der Waals surface area contributed by atoms with Gasteiger partial charge in [-0.05, 0) is 31.4 Å². The summed E-state index contributed by atoms with van der Waals surface area (Å²) in [6, 6.07) is 7.49. The van der Waals surface area contributed by atoms with Crippen LogP contribution in [0.3, 0.4) is 0 Å². The molecule has 5 nitrogen and oxygen atoms in total. The molecule has 0 spiro atoms. The summed E-state index contributed by atoms with van der Waals surface area (Å²) in [7, 11) is 1.62. The van der Waals surface area contributed by atoms with Crippen molar-refractivity contribution in [2.45, 2.75) is 32.5 Å². The molecule has 0 saturated carbocycles. The summed E-state index contributed by atoms with van der Waals surface area (Å²) in [5.41, 5.74) is 1.65. The number of carbonyl (C=O) groups excluding carboxylic acids is 1. The van der Waals surface area contributed by atoms with E-state index < -0.39 is 0 Å². The molecular formula is C15H24N2O3. The van der Waals surface area contributed by atoms with E-state index in [0.717, 1.165) is 17.5 Å². The molecule has 0 saturated heterocycles. The second-order valence-corrected chi connectivity index (χ2v) is 5.30. The number of methoxy groups -OCH3 is 1. The van der Waals surface area contributed by atoms with Crippen molar-refractivity contribution in [1.82, 2.24) is 10.6 Å². The van der Waals surface area contributed by atoms with E-state index in [-0.39, 0.29) is 18.2 Å². The zero-order valence-corrected chi connectivity index (χ0v) is 12.4. The van der Waals surface area contributed by atoms with Crippen LogP contribution in [0.5, 0.6) is 0 Å². The lowest BCUT2D eigenvalue weighted by Crippen LogP contribution is -2.44. The maximum Gasteiger partial charge on any atom is 0.314 e. The number of hydrogen-bond acceptors (Lipinski definition) is 3. The molecule has 0 unspecified atom stereocenters. The van der Waals surface area contributed by atoms with Gasteiger partial charge in [0.25, 0.3) is 0 Å². The van der Waals surface area contributed by atoms with Crippen molar-refractivity contribution in [3.05, 3.63) is 35.4 Å². The van der Waals surface area contributed by atoms with Gasteiger partial charge in [0, 0.05) is 20.2 Å². The number of benzene rings is 1. The molecule has 0 radical (unpaired) electrons.